The largest absolute Gasteiger partial charge is 0.468 e. The van der Waals surface area contributed by atoms with Crippen LogP contribution in [-0.2, 0) is 0 Å². The van der Waals surface area contributed by atoms with Gasteiger partial charge in [0.05, 0.1) is 12.3 Å². The number of nitrogens with one attached hydrogen (secondary N) is 2. The van der Waals surface area contributed by atoms with Crippen molar-refractivity contribution in [2.24, 2.45) is 0 Å². The second-order valence-corrected chi connectivity index (χ2v) is 6.95. The summed E-state index contributed by atoms with van der Waals surface area (Å²) in [7, 11) is 0. The second-order valence-electron chi connectivity index (χ2n) is 6.95. The fourth-order valence-corrected chi connectivity index (χ4v) is 3.47. The predicted octanol–water partition coefficient (Wildman–Crippen LogP) is 3.76. The normalized spacial score (nSPS) is 12.1. The molecule has 2 heterocycles. The molecule has 2 N–H and O–H groups in total. The number of H-pyrrole nitrogens is 1. The van der Waals surface area contributed by atoms with Crippen molar-refractivity contribution in [3.8, 4) is 11.3 Å². The first-order valence-electron chi connectivity index (χ1n) is 9.89. The third-order valence-electron chi connectivity index (χ3n) is 5.06. The van der Waals surface area contributed by atoms with Gasteiger partial charge in [0.2, 0.25) is 0 Å². The lowest BCUT2D eigenvalue weighted by Gasteiger charge is -2.28. The van der Waals surface area contributed by atoms with Gasteiger partial charge in [-0.3, -0.25) is 14.5 Å². The van der Waals surface area contributed by atoms with E-state index in [2.05, 4.69) is 29.0 Å². The third-order valence-corrected chi connectivity index (χ3v) is 5.06. The maximum atomic E-state index is 12.7. The molecular formula is C23H27N3O3. The van der Waals surface area contributed by atoms with Crippen LogP contribution < -0.4 is 10.9 Å². The van der Waals surface area contributed by atoms with E-state index in [1.54, 1.807) is 18.4 Å². The van der Waals surface area contributed by atoms with E-state index in [0.29, 0.717) is 12.2 Å². The molecule has 1 unspecified atom stereocenters. The molecule has 0 fully saturated rings. The van der Waals surface area contributed by atoms with Crippen molar-refractivity contribution in [3.63, 3.8) is 0 Å². The number of likely N-dealkylation sites (N-methyl/N-ethyl adjacent to an activating group) is 1. The van der Waals surface area contributed by atoms with E-state index in [0.717, 1.165) is 30.0 Å². The van der Waals surface area contributed by atoms with Gasteiger partial charge in [-0.25, -0.2) is 0 Å². The molecular weight excluding hydrogens is 366 g/mol. The van der Waals surface area contributed by atoms with Crippen LogP contribution in [0.2, 0.25) is 0 Å². The second kappa shape index (κ2) is 9.39. The molecule has 0 aliphatic heterocycles. The van der Waals surface area contributed by atoms with Gasteiger partial charge in [-0.2, -0.15) is 0 Å². The van der Waals surface area contributed by atoms with Crippen molar-refractivity contribution in [3.05, 3.63) is 82.0 Å². The van der Waals surface area contributed by atoms with Gasteiger partial charge < -0.3 is 14.7 Å². The van der Waals surface area contributed by atoms with Crippen LogP contribution in [0.3, 0.4) is 0 Å². The predicted molar refractivity (Wildman–Crippen MR) is 114 cm³/mol. The summed E-state index contributed by atoms with van der Waals surface area (Å²) < 4.78 is 5.56. The molecule has 0 spiro atoms. The SMILES string of the molecule is CCN(CC)C(CNC(=O)c1ccc(-c2cccc(C)c2)[nH]c1=O)c1ccco1. The molecule has 6 nitrogen and oxygen atoms in total. The smallest absolute Gasteiger partial charge is 0.261 e. The fourth-order valence-electron chi connectivity index (χ4n) is 3.47. The molecule has 0 saturated carbocycles. The number of carbonyl (C=O) groups is 1. The average Bonchev–Trinajstić information content (AvgIpc) is 3.25. The zero-order valence-electron chi connectivity index (χ0n) is 17.1. The molecule has 0 radical (unpaired) electrons. The van der Waals surface area contributed by atoms with Crippen molar-refractivity contribution in [1.29, 1.82) is 0 Å². The van der Waals surface area contributed by atoms with Gasteiger partial charge >= 0.3 is 0 Å². The Balaban J connectivity index is 1.75. The van der Waals surface area contributed by atoms with E-state index in [1.165, 1.54) is 0 Å². The van der Waals surface area contributed by atoms with Gasteiger partial charge in [-0.15, -0.1) is 0 Å². The summed E-state index contributed by atoms with van der Waals surface area (Å²) in [5, 5.41) is 2.89. The van der Waals surface area contributed by atoms with Crippen LogP contribution in [0.15, 0.2) is 64.0 Å². The molecule has 0 saturated heterocycles. The van der Waals surface area contributed by atoms with Crippen molar-refractivity contribution >= 4 is 5.91 Å². The van der Waals surface area contributed by atoms with Crippen LogP contribution in [0, 0.1) is 6.92 Å². The molecule has 152 valence electrons. The van der Waals surface area contributed by atoms with Crippen LogP contribution in [0.4, 0.5) is 0 Å². The first-order chi connectivity index (χ1) is 14.0. The summed E-state index contributed by atoms with van der Waals surface area (Å²) >= 11 is 0. The van der Waals surface area contributed by atoms with Gasteiger partial charge in [0, 0.05) is 12.2 Å². The molecule has 3 rings (SSSR count). The molecule has 0 aliphatic rings. The molecule has 6 heteroatoms. The number of hydrogen-bond donors (Lipinski definition) is 2. The van der Waals surface area contributed by atoms with Gasteiger partial charge in [0.1, 0.15) is 11.3 Å². The maximum absolute atomic E-state index is 12.7. The minimum Gasteiger partial charge on any atom is -0.468 e. The molecule has 0 aliphatic carbocycles. The molecule has 1 aromatic carbocycles. The third kappa shape index (κ3) is 4.84. The van der Waals surface area contributed by atoms with Gasteiger partial charge in [0.15, 0.2) is 0 Å². The topological polar surface area (TPSA) is 78.3 Å². The van der Waals surface area contributed by atoms with E-state index in [1.807, 2.05) is 43.3 Å². The number of aryl methyl sites for hydroxylation is 1. The van der Waals surface area contributed by atoms with E-state index < -0.39 is 11.5 Å². The highest BCUT2D eigenvalue weighted by Gasteiger charge is 2.22. The van der Waals surface area contributed by atoms with Gasteiger partial charge in [-0.05, 0) is 55.9 Å². The van der Waals surface area contributed by atoms with Crippen LogP contribution in [0.1, 0.15) is 41.6 Å². The summed E-state index contributed by atoms with van der Waals surface area (Å²) in [4.78, 5) is 30.2. The lowest BCUT2D eigenvalue weighted by Crippen LogP contribution is -2.39. The highest BCUT2D eigenvalue weighted by atomic mass is 16.3. The number of furan rings is 1. The Bertz CT molecular complexity index is 1000. The molecule has 3 aromatic rings. The molecule has 29 heavy (non-hydrogen) atoms. The standard InChI is InChI=1S/C23H27N3O3/c1-4-26(5-2)20(21-10-7-13-29-21)15-24-22(27)18-11-12-19(25-23(18)28)17-9-6-8-16(3)14-17/h6-14,20H,4-5,15H2,1-3H3,(H,24,27)(H,25,28). The van der Waals surface area contributed by atoms with E-state index in [-0.39, 0.29) is 11.6 Å². The minimum atomic E-state index is -0.404. The summed E-state index contributed by atoms with van der Waals surface area (Å²) in [5.74, 6) is 0.392. The number of hydrogen-bond acceptors (Lipinski definition) is 4. The average molecular weight is 393 g/mol. The Morgan fingerprint density at radius 2 is 1.93 bits per heavy atom. The zero-order chi connectivity index (χ0) is 20.8. The lowest BCUT2D eigenvalue weighted by molar-refractivity contribution is 0.0928. The van der Waals surface area contributed by atoms with Crippen LogP contribution in [-0.4, -0.2) is 35.4 Å². The highest BCUT2D eigenvalue weighted by Crippen LogP contribution is 2.20. The van der Waals surface area contributed by atoms with Gasteiger partial charge in [-0.1, -0.05) is 37.6 Å². The van der Waals surface area contributed by atoms with Gasteiger partial charge in [0.25, 0.3) is 11.5 Å². The Labute approximate surface area is 170 Å². The molecule has 1 atom stereocenters. The quantitative estimate of drug-likeness (QED) is 0.611. The van der Waals surface area contributed by atoms with E-state index >= 15 is 0 Å². The monoisotopic (exact) mass is 393 g/mol. The zero-order valence-corrected chi connectivity index (χ0v) is 17.1. The first-order valence-corrected chi connectivity index (χ1v) is 9.89. The maximum Gasteiger partial charge on any atom is 0.261 e. The van der Waals surface area contributed by atoms with Crippen LogP contribution in [0.25, 0.3) is 11.3 Å². The highest BCUT2D eigenvalue weighted by molar-refractivity contribution is 5.94. The van der Waals surface area contributed by atoms with Crippen LogP contribution >= 0.6 is 0 Å². The summed E-state index contributed by atoms with van der Waals surface area (Å²) in [6.07, 6.45) is 1.63. The molecule has 1 amide bonds. The minimum absolute atomic E-state index is 0.0883. The first kappa shape index (κ1) is 20.6. The Kier molecular flexibility index (Phi) is 6.67. The Hall–Kier alpha value is -3.12. The lowest BCUT2D eigenvalue weighted by atomic mass is 10.1. The van der Waals surface area contributed by atoms with Crippen molar-refractivity contribution < 1.29 is 9.21 Å². The number of nitrogens with zero attached hydrogens (tertiary/aromatic N) is 1. The fraction of sp³-hybridized carbons (Fsp3) is 0.304. The summed E-state index contributed by atoms with van der Waals surface area (Å²) in [6.45, 7) is 8.13. The van der Waals surface area contributed by atoms with Crippen molar-refractivity contribution in [2.75, 3.05) is 19.6 Å². The number of aromatic nitrogens is 1. The molecule has 0 bridgehead atoms. The van der Waals surface area contributed by atoms with E-state index in [9.17, 15) is 9.59 Å². The number of pyridine rings is 1. The van der Waals surface area contributed by atoms with Crippen molar-refractivity contribution in [2.45, 2.75) is 26.8 Å². The number of amides is 1. The number of aromatic amines is 1. The van der Waals surface area contributed by atoms with Crippen molar-refractivity contribution in [1.82, 2.24) is 15.2 Å². The van der Waals surface area contributed by atoms with Crippen LogP contribution in [0.5, 0.6) is 0 Å². The number of rotatable bonds is 8. The number of carbonyl (C=O) groups excluding carboxylic acids is 1. The summed E-state index contributed by atoms with van der Waals surface area (Å²) in [6, 6.07) is 14.8. The van der Waals surface area contributed by atoms with E-state index in [4.69, 9.17) is 4.42 Å². The Morgan fingerprint density at radius 3 is 2.55 bits per heavy atom. The summed E-state index contributed by atoms with van der Waals surface area (Å²) in [5.41, 5.74) is 2.39. The number of benzene rings is 1. The molecule has 2 aromatic heterocycles. The Morgan fingerprint density at radius 1 is 1.14 bits per heavy atom.